The number of ether oxygens (including phenoxy) is 1. The number of aryl methyl sites for hydroxylation is 2. The molecule has 2 heterocycles. The van der Waals surface area contributed by atoms with Gasteiger partial charge in [0.15, 0.2) is 11.2 Å². The predicted molar refractivity (Wildman–Crippen MR) is 124 cm³/mol. The van der Waals surface area contributed by atoms with E-state index in [4.69, 9.17) is 4.74 Å². The van der Waals surface area contributed by atoms with E-state index in [1.165, 1.54) is 4.57 Å². The number of benzene rings is 2. The van der Waals surface area contributed by atoms with Crippen molar-refractivity contribution >= 4 is 22.8 Å². The maximum atomic E-state index is 12.6. The standard InChI is InChI=1S/C23H24N6O3/c1-16(17-10-5-3-6-11-17)26-27-22-24-20-19(21(30)25-23(31)28(20)2)29(22)14-9-15-32-18-12-7-4-8-13-18/h3-8,10-13H,9,14-15H2,1-2H3,(H,24,27)(H,25,30,31)/b26-16+. The van der Waals surface area contributed by atoms with Gasteiger partial charge in [-0.1, -0.05) is 48.5 Å². The summed E-state index contributed by atoms with van der Waals surface area (Å²) in [4.78, 5) is 31.4. The molecule has 164 valence electrons. The van der Waals surface area contributed by atoms with Gasteiger partial charge in [-0.15, -0.1) is 0 Å². The van der Waals surface area contributed by atoms with Crippen LogP contribution in [0.3, 0.4) is 0 Å². The van der Waals surface area contributed by atoms with Crippen LogP contribution in [0.15, 0.2) is 75.4 Å². The SMILES string of the molecule is C/C(=N\Nc1nc2c(c(=O)[nH]c(=O)n2C)n1CCCOc1ccccc1)c1ccccc1. The lowest BCUT2D eigenvalue weighted by Crippen LogP contribution is -2.29. The number of aromatic nitrogens is 4. The summed E-state index contributed by atoms with van der Waals surface area (Å²) in [6.45, 7) is 2.79. The molecule has 0 unspecified atom stereocenters. The largest absolute Gasteiger partial charge is 0.494 e. The van der Waals surface area contributed by atoms with Crippen LogP contribution in [0.1, 0.15) is 18.9 Å². The molecule has 0 saturated heterocycles. The van der Waals surface area contributed by atoms with Crippen LogP contribution < -0.4 is 21.4 Å². The molecular weight excluding hydrogens is 408 g/mol. The zero-order valence-electron chi connectivity index (χ0n) is 17.9. The van der Waals surface area contributed by atoms with Gasteiger partial charge in [-0.2, -0.15) is 10.1 Å². The molecule has 4 rings (SSSR count). The second-order valence-electron chi connectivity index (χ2n) is 7.27. The van der Waals surface area contributed by atoms with Crippen LogP contribution in [-0.2, 0) is 13.6 Å². The maximum Gasteiger partial charge on any atom is 0.329 e. The average Bonchev–Trinajstić information content (AvgIpc) is 3.19. The van der Waals surface area contributed by atoms with Gasteiger partial charge in [0.05, 0.1) is 12.3 Å². The number of nitrogens with one attached hydrogen (secondary N) is 2. The monoisotopic (exact) mass is 432 g/mol. The van der Waals surface area contributed by atoms with E-state index in [-0.39, 0.29) is 5.65 Å². The average molecular weight is 432 g/mol. The minimum Gasteiger partial charge on any atom is -0.494 e. The fourth-order valence-corrected chi connectivity index (χ4v) is 3.34. The van der Waals surface area contributed by atoms with E-state index in [1.54, 1.807) is 11.6 Å². The summed E-state index contributed by atoms with van der Waals surface area (Å²) in [6, 6.07) is 19.3. The summed E-state index contributed by atoms with van der Waals surface area (Å²) >= 11 is 0. The van der Waals surface area contributed by atoms with Crippen molar-refractivity contribution in [3.05, 3.63) is 87.1 Å². The topological polar surface area (TPSA) is 106 Å². The van der Waals surface area contributed by atoms with Crippen LogP contribution in [0.4, 0.5) is 5.95 Å². The molecule has 0 aliphatic carbocycles. The number of nitrogens with zero attached hydrogens (tertiary/aromatic N) is 4. The number of hydrogen-bond donors (Lipinski definition) is 2. The Kier molecular flexibility index (Phi) is 6.16. The quantitative estimate of drug-likeness (QED) is 0.253. The normalized spacial score (nSPS) is 11.6. The predicted octanol–water partition coefficient (Wildman–Crippen LogP) is 2.73. The maximum absolute atomic E-state index is 12.6. The first-order chi connectivity index (χ1) is 15.5. The minimum atomic E-state index is -0.518. The van der Waals surface area contributed by atoms with Crippen molar-refractivity contribution < 1.29 is 4.74 Å². The van der Waals surface area contributed by atoms with Crippen molar-refractivity contribution in [3.8, 4) is 5.75 Å². The second kappa shape index (κ2) is 9.34. The van der Waals surface area contributed by atoms with E-state index in [1.807, 2.05) is 67.6 Å². The van der Waals surface area contributed by atoms with Crippen LogP contribution in [0.5, 0.6) is 5.75 Å². The lowest BCUT2D eigenvalue weighted by molar-refractivity contribution is 0.303. The summed E-state index contributed by atoms with van der Waals surface area (Å²) in [6.07, 6.45) is 0.624. The zero-order chi connectivity index (χ0) is 22.5. The van der Waals surface area contributed by atoms with E-state index in [2.05, 4.69) is 20.5 Å². The van der Waals surface area contributed by atoms with Gasteiger partial charge in [-0.05, 0) is 31.0 Å². The van der Waals surface area contributed by atoms with Crippen molar-refractivity contribution in [2.24, 2.45) is 12.1 Å². The first kappa shape index (κ1) is 21.1. The number of fused-ring (bicyclic) bond motifs is 1. The Morgan fingerprint density at radius 2 is 1.78 bits per heavy atom. The highest BCUT2D eigenvalue weighted by molar-refractivity contribution is 5.99. The summed E-state index contributed by atoms with van der Waals surface area (Å²) < 4.78 is 8.80. The number of para-hydroxylation sites is 1. The van der Waals surface area contributed by atoms with E-state index < -0.39 is 11.2 Å². The molecular formula is C23H24N6O3. The highest BCUT2D eigenvalue weighted by Crippen LogP contribution is 2.17. The van der Waals surface area contributed by atoms with Crippen molar-refractivity contribution in [2.75, 3.05) is 12.0 Å². The molecule has 0 radical (unpaired) electrons. The molecule has 2 N–H and O–H groups in total. The molecule has 32 heavy (non-hydrogen) atoms. The van der Waals surface area contributed by atoms with Crippen LogP contribution in [0, 0.1) is 0 Å². The number of H-pyrrole nitrogens is 1. The Balaban J connectivity index is 1.62. The highest BCUT2D eigenvalue weighted by atomic mass is 16.5. The molecule has 9 heteroatoms. The lowest BCUT2D eigenvalue weighted by atomic mass is 10.1. The summed E-state index contributed by atoms with van der Waals surface area (Å²) in [7, 11) is 1.57. The number of anilines is 1. The Hall–Kier alpha value is -4.14. The van der Waals surface area contributed by atoms with Gasteiger partial charge >= 0.3 is 5.69 Å². The second-order valence-corrected chi connectivity index (χ2v) is 7.27. The molecule has 2 aromatic heterocycles. The van der Waals surface area contributed by atoms with E-state index in [0.29, 0.717) is 31.0 Å². The molecule has 0 atom stereocenters. The molecule has 2 aromatic carbocycles. The molecule has 0 fully saturated rings. The van der Waals surface area contributed by atoms with Gasteiger partial charge < -0.3 is 9.30 Å². The third kappa shape index (κ3) is 4.46. The Morgan fingerprint density at radius 3 is 2.50 bits per heavy atom. The number of rotatable bonds is 8. The smallest absolute Gasteiger partial charge is 0.329 e. The van der Waals surface area contributed by atoms with Crippen molar-refractivity contribution in [2.45, 2.75) is 19.9 Å². The van der Waals surface area contributed by atoms with Gasteiger partial charge in [0.25, 0.3) is 5.56 Å². The Morgan fingerprint density at radius 1 is 1.09 bits per heavy atom. The van der Waals surface area contributed by atoms with Crippen LogP contribution in [0.2, 0.25) is 0 Å². The number of hydrazone groups is 1. The first-order valence-electron chi connectivity index (χ1n) is 10.3. The van der Waals surface area contributed by atoms with E-state index in [0.717, 1.165) is 17.0 Å². The molecule has 9 nitrogen and oxygen atoms in total. The number of imidazole rings is 1. The zero-order valence-corrected chi connectivity index (χ0v) is 17.9. The van der Waals surface area contributed by atoms with Gasteiger partial charge in [0.2, 0.25) is 5.95 Å². The van der Waals surface area contributed by atoms with Crippen LogP contribution in [0.25, 0.3) is 11.2 Å². The third-order valence-corrected chi connectivity index (χ3v) is 5.06. The number of hydrogen-bond acceptors (Lipinski definition) is 6. The minimum absolute atomic E-state index is 0.290. The fraction of sp³-hybridized carbons (Fsp3) is 0.217. The lowest BCUT2D eigenvalue weighted by Gasteiger charge is -2.10. The van der Waals surface area contributed by atoms with E-state index in [9.17, 15) is 9.59 Å². The third-order valence-electron chi connectivity index (χ3n) is 5.06. The molecule has 0 bridgehead atoms. The van der Waals surface area contributed by atoms with Crippen LogP contribution in [-0.4, -0.2) is 31.4 Å². The first-order valence-corrected chi connectivity index (χ1v) is 10.3. The fourth-order valence-electron chi connectivity index (χ4n) is 3.34. The van der Waals surface area contributed by atoms with Crippen molar-refractivity contribution in [1.82, 2.24) is 19.1 Å². The summed E-state index contributed by atoms with van der Waals surface area (Å²) in [5.74, 6) is 1.16. The summed E-state index contributed by atoms with van der Waals surface area (Å²) in [5, 5.41) is 4.43. The van der Waals surface area contributed by atoms with Gasteiger partial charge in [-0.3, -0.25) is 14.3 Å². The Labute approximate surface area is 184 Å². The molecule has 0 amide bonds. The number of aromatic amines is 1. The van der Waals surface area contributed by atoms with Gasteiger partial charge in [0.1, 0.15) is 5.75 Å². The van der Waals surface area contributed by atoms with Gasteiger partial charge in [-0.25, -0.2) is 10.2 Å². The molecule has 0 saturated carbocycles. The van der Waals surface area contributed by atoms with Crippen molar-refractivity contribution in [1.29, 1.82) is 0 Å². The molecule has 0 aliphatic heterocycles. The Bertz CT molecular complexity index is 1350. The van der Waals surface area contributed by atoms with E-state index >= 15 is 0 Å². The summed E-state index contributed by atoms with van der Waals surface area (Å²) in [5.41, 5.74) is 4.28. The van der Waals surface area contributed by atoms with Gasteiger partial charge in [0, 0.05) is 13.6 Å². The molecule has 0 aliphatic rings. The highest BCUT2D eigenvalue weighted by Gasteiger charge is 2.17. The van der Waals surface area contributed by atoms with Crippen molar-refractivity contribution in [3.63, 3.8) is 0 Å². The molecule has 0 spiro atoms. The molecule has 4 aromatic rings. The van der Waals surface area contributed by atoms with Crippen LogP contribution >= 0.6 is 0 Å².